The number of rotatable bonds is 3. The summed E-state index contributed by atoms with van der Waals surface area (Å²) in [6.45, 7) is 0.364. The number of benzene rings is 2. The topological polar surface area (TPSA) is 33.0 Å². The lowest BCUT2D eigenvalue weighted by atomic mass is 10.2. The maximum Gasteiger partial charge on any atom is 0.148 e. The third-order valence-electron chi connectivity index (χ3n) is 2.46. The minimum absolute atomic E-state index is 0.364. The van der Waals surface area contributed by atoms with E-state index in [2.05, 4.69) is 37.9 Å². The van der Waals surface area contributed by atoms with Gasteiger partial charge in [-0.3, -0.25) is 0 Å². The van der Waals surface area contributed by atoms with Crippen molar-refractivity contribution in [1.29, 1.82) is 5.26 Å². The Morgan fingerprint density at radius 2 is 1.79 bits per heavy atom. The van der Waals surface area contributed by atoms with Gasteiger partial charge in [-0.1, -0.05) is 29.8 Å². The van der Waals surface area contributed by atoms with Crippen LogP contribution in [0.2, 0.25) is 5.02 Å². The van der Waals surface area contributed by atoms with Crippen molar-refractivity contribution >= 4 is 43.5 Å². The van der Waals surface area contributed by atoms with Crippen molar-refractivity contribution in [1.82, 2.24) is 0 Å². The highest BCUT2D eigenvalue weighted by molar-refractivity contribution is 9.11. The second-order valence-corrected chi connectivity index (χ2v) is 5.88. The predicted molar refractivity (Wildman–Crippen MR) is 82.3 cm³/mol. The van der Waals surface area contributed by atoms with E-state index in [0.717, 1.165) is 14.5 Å². The van der Waals surface area contributed by atoms with Crippen molar-refractivity contribution in [2.24, 2.45) is 0 Å². The normalized spacial score (nSPS) is 10.0. The van der Waals surface area contributed by atoms with Gasteiger partial charge in [0.05, 0.1) is 20.6 Å². The summed E-state index contributed by atoms with van der Waals surface area (Å²) >= 11 is 12.9. The minimum atomic E-state index is 0.364. The van der Waals surface area contributed by atoms with E-state index in [1.807, 2.05) is 24.3 Å². The fourth-order valence-corrected chi connectivity index (χ4v) is 3.13. The first-order valence-corrected chi connectivity index (χ1v) is 7.33. The molecular weight excluding hydrogens is 393 g/mol. The van der Waals surface area contributed by atoms with E-state index >= 15 is 0 Å². The second kappa shape index (κ2) is 6.42. The molecule has 0 aliphatic rings. The predicted octanol–water partition coefficient (Wildman–Crippen LogP) is 5.32. The highest BCUT2D eigenvalue weighted by Crippen LogP contribution is 2.35. The molecule has 2 nitrogen and oxygen atoms in total. The van der Waals surface area contributed by atoms with Gasteiger partial charge in [0.25, 0.3) is 0 Å². The third kappa shape index (κ3) is 3.50. The van der Waals surface area contributed by atoms with Crippen molar-refractivity contribution in [3.05, 3.63) is 61.5 Å². The van der Waals surface area contributed by atoms with E-state index in [0.29, 0.717) is 22.9 Å². The first kappa shape index (κ1) is 14.4. The average Bonchev–Trinajstić information content (AvgIpc) is 2.39. The van der Waals surface area contributed by atoms with E-state index in [1.165, 1.54) is 0 Å². The fourth-order valence-electron chi connectivity index (χ4n) is 1.53. The zero-order valence-electron chi connectivity index (χ0n) is 9.66. The van der Waals surface area contributed by atoms with Gasteiger partial charge in [-0.25, -0.2) is 0 Å². The highest BCUT2D eigenvalue weighted by atomic mass is 79.9. The SMILES string of the molecule is N#Cc1cc(Br)c(OCc2ccccc2Cl)c(Br)c1. The summed E-state index contributed by atoms with van der Waals surface area (Å²) in [7, 11) is 0. The molecule has 5 heteroatoms. The summed E-state index contributed by atoms with van der Waals surface area (Å²) in [5.74, 6) is 0.652. The molecule has 0 aliphatic carbocycles. The molecule has 19 heavy (non-hydrogen) atoms. The fraction of sp³-hybridized carbons (Fsp3) is 0.0714. The molecule has 2 rings (SSSR count). The summed E-state index contributed by atoms with van der Waals surface area (Å²) in [6, 6.07) is 13.0. The van der Waals surface area contributed by atoms with E-state index in [4.69, 9.17) is 21.6 Å². The Bertz CT molecular complexity index is 629. The number of hydrogen-bond acceptors (Lipinski definition) is 2. The van der Waals surface area contributed by atoms with Crippen LogP contribution in [0.25, 0.3) is 0 Å². The summed E-state index contributed by atoms with van der Waals surface area (Å²) in [4.78, 5) is 0. The number of nitriles is 1. The Kier molecular flexibility index (Phi) is 4.87. The Labute approximate surface area is 133 Å². The molecule has 2 aromatic rings. The smallest absolute Gasteiger partial charge is 0.148 e. The molecular formula is C14H8Br2ClNO. The zero-order valence-corrected chi connectivity index (χ0v) is 13.6. The van der Waals surface area contributed by atoms with Crippen LogP contribution in [0.3, 0.4) is 0 Å². The number of nitrogens with zero attached hydrogens (tertiary/aromatic N) is 1. The molecule has 0 aromatic heterocycles. The van der Waals surface area contributed by atoms with Gasteiger partial charge in [0.2, 0.25) is 0 Å². The molecule has 2 aromatic carbocycles. The van der Waals surface area contributed by atoms with Crippen molar-refractivity contribution in [2.75, 3.05) is 0 Å². The molecule has 0 bridgehead atoms. The maximum atomic E-state index is 8.87. The summed E-state index contributed by atoms with van der Waals surface area (Å²) < 4.78 is 7.20. The Hall–Kier alpha value is -1.02. The van der Waals surface area contributed by atoms with E-state index < -0.39 is 0 Å². The lowest BCUT2D eigenvalue weighted by Gasteiger charge is -2.11. The van der Waals surface area contributed by atoms with Gasteiger partial charge in [0, 0.05) is 10.6 Å². The number of ether oxygens (including phenoxy) is 1. The molecule has 0 amide bonds. The molecule has 0 saturated heterocycles. The first-order valence-electron chi connectivity index (χ1n) is 5.37. The van der Waals surface area contributed by atoms with E-state index in [-0.39, 0.29) is 0 Å². The van der Waals surface area contributed by atoms with Crippen molar-refractivity contribution < 1.29 is 4.74 Å². The lowest BCUT2D eigenvalue weighted by molar-refractivity contribution is 0.302. The van der Waals surface area contributed by atoms with Gasteiger partial charge in [0.15, 0.2) is 0 Å². The standard InChI is InChI=1S/C14H8Br2ClNO/c15-11-5-9(7-18)6-12(16)14(11)19-8-10-3-1-2-4-13(10)17/h1-6H,8H2. The van der Waals surface area contributed by atoms with Crippen molar-refractivity contribution in [3.8, 4) is 11.8 Å². The van der Waals surface area contributed by atoms with Crippen LogP contribution >= 0.6 is 43.5 Å². The zero-order chi connectivity index (χ0) is 13.8. The highest BCUT2D eigenvalue weighted by Gasteiger charge is 2.10. The molecule has 96 valence electrons. The maximum absolute atomic E-state index is 8.87. The van der Waals surface area contributed by atoms with Crippen LogP contribution < -0.4 is 4.74 Å². The summed E-state index contributed by atoms with van der Waals surface area (Å²) in [6.07, 6.45) is 0. The Morgan fingerprint density at radius 3 is 2.37 bits per heavy atom. The van der Waals surface area contributed by atoms with Gasteiger partial charge in [-0.05, 0) is 50.1 Å². The van der Waals surface area contributed by atoms with Crippen LogP contribution in [0.4, 0.5) is 0 Å². The van der Waals surface area contributed by atoms with Crippen LogP contribution in [0.5, 0.6) is 5.75 Å². The molecule has 0 spiro atoms. The monoisotopic (exact) mass is 399 g/mol. The largest absolute Gasteiger partial charge is 0.486 e. The molecule has 0 heterocycles. The van der Waals surface area contributed by atoms with Crippen LogP contribution in [0, 0.1) is 11.3 Å². The second-order valence-electron chi connectivity index (χ2n) is 3.76. The average molecular weight is 401 g/mol. The summed E-state index contributed by atoms with van der Waals surface area (Å²) in [5, 5.41) is 9.54. The molecule has 0 radical (unpaired) electrons. The quantitative estimate of drug-likeness (QED) is 0.698. The van der Waals surface area contributed by atoms with Gasteiger partial charge in [-0.2, -0.15) is 5.26 Å². The van der Waals surface area contributed by atoms with Crippen molar-refractivity contribution in [2.45, 2.75) is 6.61 Å². The van der Waals surface area contributed by atoms with Gasteiger partial charge < -0.3 is 4.74 Å². The molecule has 0 saturated carbocycles. The van der Waals surface area contributed by atoms with Crippen molar-refractivity contribution in [3.63, 3.8) is 0 Å². The third-order valence-corrected chi connectivity index (χ3v) is 4.00. The summed E-state index contributed by atoms with van der Waals surface area (Å²) in [5.41, 5.74) is 1.47. The molecule has 0 unspecified atom stereocenters. The molecule has 0 atom stereocenters. The first-order chi connectivity index (χ1) is 9.11. The van der Waals surface area contributed by atoms with Gasteiger partial charge in [0.1, 0.15) is 12.4 Å². The minimum Gasteiger partial charge on any atom is -0.486 e. The van der Waals surface area contributed by atoms with E-state index in [1.54, 1.807) is 12.1 Å². The lowest BCUT2D eigenvalue weighted by Crippen LogP contribution is -1.98. The van der Waals surface area contributed by atoms with Crippen LogP contribution in [-0.2, 0) is 6.61 Å². The molecule has 0 N–H and O–H groups in total. The Morgan fingerprint density at radius 1 is 1.16 bits per heavy atom. The van der Waals surface area contributed by atoms with E-state index in [9.17, 15) is 0 Å². The van der Waals surface area contributed by atoms with Gasteiger partial charge >= 0.3 is 0 Å². The van der Waals surface area contributed by atoms with Crippen LogP contribution in [0.15, 0.2) is 45.3 Å². The Balaban J connectivity index is 2.21. The number of hydrogen-bond donors (Lipinski definition) is 0. The number of halogens is 3. The molecule has 0 fully saturated rings. The van der Waals surface area contributed by atoms with Crippen LogP contribution in [0.1, 0.15) is 11.1 Å². The van der Waals surface area contributed by atoms with Gasteiger partial charge in [-0.15, -0.1) is 0 Å². The van der Waals surface area contributed by atoms with Crippen LogP contribution in [-0.4, -0.2) is 0 Å². The molecule has 0 aliphatic heterocycles.